The van der Waals surface area contributed by atoms with Gasteiger partial charge in [-0.05, 0) is 25.0 Å². The highest BCUT2D eigenvalue weighted by atomic mass is 32.2. The van der Waals surface area contributed by atoms with Crippen molar-refractivity contribution in [3.05, 3.63) is 36.3 Å². The van der Waals surface area contributed by atoms with Crippen LogP contribution in [0, 0.1) is 11.6 Å². The first kappa shape index (κ1) is 22.0. The van der Waals surface area contributed by atoms with Crippen LogP contribution in [0.1, 0.15) is 19.8 Å². The first-order valence-electron chi connectivity index (χ1n) is 9.94. The Kier molecular flexibility index (Phi) is 6.28. The smallest absolute Gasteiger partial charge is 0.232 e. The first-order valence-corrected chi connectivity index (χ1v) is 11.6. The maximum absolute atomic E-state index is 15.0. The summed E-state index contributed by atoms with van der Waals surface area (Å²) in [5.74, 6) is -1.89. The van der Waals surface area contributed by atoms with Gasteiger partial charge in [0.25, 0.3) is 0 Å². The number of nitrogens with one attached hydrogen (secondary N) is 3. The number of halogens is 2. The van der Waals surface area contributed by atoms with Crippen LogP contribution >= 0.6 is 0 Å². The maximum atomic E-state index is 15.0. The third-order valence-electron chi connectivity index (χ3n) is 4.71. The lowest BCUT2D eigenvalue weighted by Crippen LogP contribution is -2.20. The summed E-state index contributed by atoms with van der Waals surface area (Å²) < 4.78 is 61.0. The van der Waals surface area contributed by atoms with Gasteiger partial charge in [0.05, 0.1) is 30.3 Å². The molecule has 1 aliphatic heterocycles. The third kappa shape index (κ3) is 4.83. The number of aromatic nitrogens is 4. The summed E-state index contributed by atoms with van der Waals surface area (Å²) in [6.45, 7) is 2.84. The molecule has 0 amide bonds. The quantitative estimate of drug-likeness (QED) is 0.459. The molecule has 1 fully saturated rings. The van der Waals surface area contributed by atoms with E-state index < -0.39 is 27.3 Å². The van der Waals surface area contributed by atoms with Crippen LogP contribution in [0.5, 0.6) is 0 Å². The van der Waals surface area contributed by atoms with Gasteiger partial charge in [0.2, 0.25) is 16.0 Å². The predicted molar refractivity (Wildman–Crippen MR) is 115 cm³/mol. The van der Waals surface area contributed by atoms with Crippen LogP contribution in [0.15, 0.2) is 24.7 Å². The number of hydrogen-bond donors (Lipinski definition) is 3. The molecule has 10 nitrogen and oxygen atoms in total. The van der Waals surface area contributed by atoms with Gasteiger partial charge in [-0.15, -0.1) is 0 Å². The van der Waals surface area contributed by atoms with Crippen molar-refractivity contribution in [2.45, 2.75) is 25.8 Å². The molecule has 3 heterocycles. The molecule has 0 saturated carbocycles. The lowest BCUT2D eigenvalue weighted by molar-refractivity contribution is 0.195. The van der Waals surface area contributed by atoms with E-state index in [9.17, 15) is 12.8 Å². The van der Waals surface area contributed by atoms with Crippen LogP contribution in [-0.4, -0.2) is 53.4 Å². The van der Waals surface area contributed by atoms with Crippen LogP contribution in [-0.2, 0) is 14.8 Å². The number of nitrogens with zero attached hydrogens (tertiary/aromatic N) is 4. The summed E-state index contributed by atoms with van der Waals surface area (Å²) in [5.41, 5.74) is -0.353. The van der Waals surface area contributed by atoms with E-state index >= 15 is 4.39 Å². The fourth-order valence-electron chi connectivity index (χ4n) is 3.20. The normalized spacial score (nSPS) is 16.3. The summed E-state index contributed by atoms with van der Waals surface area (Å²) in [7, 11) is -3.77. The van der Waals surface area contributed by atoms with Crippen LogP contribution < -0.4 is 15.4 Å². The van der Waals surface area contributed by atoms with Crippen LogP contribution in [0.2, 0.25) is 0 Å². The molecule has 1 aromatic carbocycles. The van der Waals surface area contributed by atoms with Gasteiger partial charge in [-0.1, -0.05) is 6.92 Å². The van der Waals surface area contributed by atoms with Crippen molar-refractivity contribution in [3.63, 3.8) is 0 Å². The number of benzene rings is 1. The number of anilines is 4. The van der Waals surface area contributed by atoms with E-state index in [1.807, 2.05) is 0 Å². The SMILES string of the molecule is CCCS(=O)(=O)Nc1ccc(F)c(Nc2ncnc3cnc(NC4CCOC4)nc23)c1F. The molecule has 2 aromatic heterocycles. The molecular weight excluding hydrogens is 444 g/mol. The van der Waals surface area contributed by atoms with E-state index in [0.717, 1.165) is 18.6 Å². The lowest BCUT2D eigenvalue weighted by Gasteiger charge is -2.14. The molecular formula is C19H21F2N7O3S. The van der Waals surface area contributed by atoms with E-state index in [0.29, 0.717) is 31.1 Å². The molecule has 1 unspecified atom stereocenters. The Morgan fingerprint density at radius 2 is 2.06 bits per heavy atom. The van der Waals surface area contributed by atoms with Crippen molar-refractivity contribution in [1.82, 2.24) is 19.9 Å². The molecule has 3 aromatic rings. The fraction of sp³-hybridized carbons (Fsp3) is 0.368. The second-order valence-electron chi connectivity index (χ2n) is 7.18. The van der Waals surface area contributed by atoms with E-state index in [1.54, 1.807) is 6.92 Å². The number of ether oxygens (including phenoxy) is 1. The van der Waals surface area contributed by atoms with Gasteiger partial charge in [0.15, 0.2) is 11.6 Å². The lowest BCUT2D eigenvalue weighted by atomic mass is 10.2. The van der Waals surface area contributed by atoms with Crippen molar-refractivity contribution in [1.29, 1.82) is 0 Å². The van der Waals surface area contributed by atoms with Gasteiger partial charge in [-0.2, -0.15) is 0 Å². The highest BCUT2D eigenvalue weighted by Crippen LogP contribution is 2.30. The Bertz CT molecular complexity index is 1240. The second-order valence-corrected chi connectivity index (χ2v) is 9.03. The Hall–Kier alpha value is -3.19. The number of hydrogen-bond acceptors (Lipinski definition) is 9. The minimum Gasteiger partial charge on any atom is -0.379 e. The van der Waals surface area contributed by atoms with Crippen molar-refractivity contribution >= 4 is 44.2 Å². The van der Waals surface area contributed by atoms with Crippen LogP contribution in [0.25, 0.3) is 11.0 Å². The molecule has 32 heavy (non-hydrogen) atoms. The van der Waals surface area contributed by atoms with E-state index in [4.69, 9.17) is 4.74 Å². The molecule has 1 aliphatic rings. The minimum atomic E-state index is -3.77. The molecule has 0 bridgehead atoms. The monoisotopic (exact) mass is 465 g/mol. The molecule has 0 spiro atoms. The summed E-state index contributed by atoms with van der Waals surface area (Å²) >= 11 is 0. The Morgan fingerprint density at radius 1 is 1.22 bits per heavy atom. The molecule has 0 radical (unpaired) electrons. The van der Waals surface area contributed by atoms with Crippen molar-refractivity contribution in [2.75, 3.05) is 34.3 Å². The average Bonchev–Trinajstić information content (AvgIpc) is 3.26. The average molecular weight is 465 g/mol. The maximum Gasteiger partial charge on any atom is 0.232 e. The topological polar surface area (TPSA) is 131 Å². The van der Waals surface area contributed by atoms with E-state index in [2.05, 4.69) is 35.3 Å². The van der Waals surface area contributed by atoms with Gasteiger partial charge < -0.3 is 15.4 Å². The van der Waals surface area contributed by atoms with E-state index in [-0.39, 0.29) is 28.8 Å². The van der Waals surface area contributed by atoms with Gasteiger partial charge in [0, 0.05) is 6.61 Å². The van der Waals surface area contributed by atoms with E-state index in [1.165, 1.54) is 12.5 Å². The van der Waals surface area contributed by atoms with Gasteiger partial charge in [0.1, 0.15) is 28.9 Å². The first-order chi connectivity index (χ1) is 15.4. The van der Waals surface area contributed by atoms with Gasteiger partial charge in [-0.3, -0.25) is 4.72 Å². The largest absolute Gasteiger partial charge is 0.379 e. The van der Waals surface area contributed by atoms with Gasteiger partial charge >= 0.3 is 0 Å². The van der Waals surface area contributed by atoms with Crippen molar-refractivity contribution < 1.29 is 21.9 Å². The minimum absolute atomic E-state index is 0.0366. The molecule has 170 valence electrons. The second kappa shape index (κ2) is 9.12. The zero-order chi connectivity index (χ0) is 22.7. The molecule has 13 heteroatoms. The van der Waals surface area contributed by atoms with Crippen LogP contribution in [0.3, 0.4) is 0 Å². The summed E-state index contributed by atoms with van der Waals surface area (Å²) in [6, 6.07) is 2.03. The summed E-state index contributed by atoms with van der Waals surface area (Å²) in [6.07, 6.45) is 3.82. The molecule has 1 atom stereocenters. The van der Waals surface area contributed by atoms with Crippen LogP contribution in [0.4, 0.5) is 31.9 Å². The highest BCUT2D eigenvalue weighted by Gasteiger charge is 2.21. The number of rotatable bonds is 8. The number of sulfonamides is 1. The Labute approximate surface area is 182 Å². The fourth-order valence-corrected chi connectivity index (χ4v) is 4.33. The molecule has 3 N–H and O–H groups in total. The third-order valence-corrected chi connectivity index (χ3v) is 6.19. The molecule has 1 saturated heterocycles. The zero-order valence-corrected chi connectivity index (χ0v) is 17.9. The predicted octanol–water partition coefficient (Wildman–Crippen LogP) is 2.79. The summed E-state index contributed by atoms with van der Waals surface area (Å²) in [5, 5.41) is 5.72. The molecule has 0 aliphatic carbocycles. The van der Waals surface area contributed by atoms with Crippen molar-refractivity contribution in [3.8, 4) is 0 Å². The summed E-state index contributed by atoms with van der Waals surface area (Å²) in [4.78, 5) is 16.7. The Morgan fingerprint density at radius 3 is 2.81 bits per heavy atom. The Balaban J connectivity index is 1.67. The highest BCUT2D eigenvalue weighted by molar-refractivity contribution is 7.92. The van der Waals surface area contributed by atoms with Crippen molar-refractivity contribution in [2.24, 2.45) is 0 Å². The molecule has 4 rings (SSSR count). The number of fused-ring (bicyclic) bond motifs is 1. The van der Waals surface area contributed by atoms with Gasteiger partial charge in [-0.25, -0.2) is 37.1 Å². The zero-order valence-electron chi connectivity index (χ0n) is 17.1. The standard InChI is InChI=1S/C19H21F2N7O3S/c1-2-7-32(29,30)28-13-4-3-12(20)16(15(13)21)26-18-17-14(23-10-24-18)8-22-19(27-17)25-11-5-6-31-9-11/h3-4,8,10-11,28H,2,5-7,9H2,1H3,(H,22,25,27)(H,23,24,26).